The molecule has 29 heavy (non-hydrogen) atoms. The van der Waals surface area contributed by atoms with Crippen LogP contribution in [0, 0.1) is 6.92 Å². The molecule has 0 spiro atoms. The summed E-state index contributed by atoms with van der Waals surface area (Å²) in [6.45, 7) is 7.73. The van der Waals surface area contributed by atoms with E-state index in [1.807, 2.05) is 6.08 Å². The van der Waals surface area contributed by atoms with Gasteiger partial charge in [0.05, 0.1) is 0 Å². The van der Waals surface area contributed by atoms with E-state index in [4.69, 9.17) is 0 Å². The molecule has 2 aromatic heterocycles. The normalized spacial score (nSPS) is 10.7. The van der Waals surface area contributed by atoms with Gasteiger partial charge >= 0.3 is 0 Å². The van der Waals surface area contributed by atoms with E-state index in [9.17, 15) is 0 Å². The molecule has 2 heteroatoms. The zero-order chi connectivity index (χ0) is 20.1. The van der Waals surface area contributed by atoms with Gasteiger partial charge in [-0.25, -0.2) is 9.13 Å². The summed E-state index contributed by atoms with van der Waals surface area (Å²) in [6, 6.07) is 25.8. The second-order valence-corrected chi connectivity index (χ2v) is 7.39. The zero-order valence-corrected chi connectivity index (χ0v) is 16.8. The first-order chi connectivity index (χ1) is 14.2. The van der Waals surface area contributed by atoms with Crippen LogP contribution < -0.4 is 9.13 Å². The Balaban J connectivity index is 1.44. The van der Waals surface area contributed by atoms with Crippen molar-refractivity contribution in [2.24, 2.45) is 0 Å². The molecule has 0 N–H and O–H groups in total. The highest BCUT2D eigenvalue weighted by atomic mass is 14.9. The van der Waals surface area contributed by atoms with Crippen molar-refractivity contribution in [2.45, 2.75) is 20.0 Å². The number of benzene rings is 2. The molecule has 4 rings (SSSR count). The second-order valence-electron chi connectivity index (χ2n) is 7.39. The van der Waals surface area contributed by atoms with Gasteiger partial charge in [0.2, 0.25) is 0 Å². The molecule has 0 aliphatic carbocycles. The van der Waals surface area contributed by atoms with Crippen molar-refractivity contribution in [3.63, 3.8) is 0 Å². The van der Waals surface area contributed by atoms with Crippen molar-refractivity contribution in [1.82, 2.24) is 0 Å². The summed E-state index contributed by atoms with van der Waals surface area (Å²) in [4.78, 5) is 0. The van der Waals surface area contributed by atoms with Gasteiger partial charge in [0.1, 0.15) is 0 Å². The first-order valence-corrected chi connectivity index (χ1v) is 9.96. The van der Waals surface area contributed by atoms with Crippen LogP contribution >= 0.6 is 0 Å². The topological polar surface area (TPSA) is 7.76 Å². The lowest BCUT2D eigenvalue weighted by Crippen LogP contribution is -2.33. The lowest BCUT2D eigenvalue weighted by Gasteiger charge is -2.04. The smallest absolute Gasteiger partial charge is 0.174 e. The minimum absolute atomic E-state index is 0.864. The van der Waals surface area contributed by atoms with Crippen LogP contribution in [0.1, 0.15) is 22.3 Å². The Hall–Kier alpha value is -3.52. The van der Waals surface area contributed by atoms with E-state index in [1.54, 1.807) is 0 Å². The van der Waals surface area contributed by atoms with Gasteiger partial charge in [0.15, 0.2) is 37.9 Å². The van der Waals surface area contributed by atoms with Crippen LogP contribution in [0.3, 0.4) is 0 Å². The molecule has 142 valence electrons. The highest BCUT2D eigenvalue weighted by Crippen LogP contribution is 2.16. The van der Waals surface area contributed by atoms with Gasteiger partial charge in [0.25, 0.3) is 0 Å². The molecule has 0 aliphatic rings. The van der Waals surface area contributed by atoms with Gasteiger partial charge in [-0.05, 0) is 29.2 Å². The standard InChI is InChI=1S/C27H26N2/c1-3-23-8-10-24(11-9-23)20-28-16-12-25(13-17-28)26-14-18-29(19-15-26)21-27-7-5-4-6-22(27)2/h3-19H,1,20-21H2,2H3/q+2. The van der Waals surface area contributed by atoms with Crippen molar-refractivity contribution < 1.29 is 9.13 Å². The van der Waals surface area contributed by atoms with Gasteiger partial charge in [-0.3, -0.25) is 0 Å². The van der Waals surface area contributed by atoms with Crippen molar-refractivity contribution >= 4 is 6.08 Å². The lowest BCUT2D eigenvalue weighted by atomic mass is 10.1. The minimum Gasteiger partial charge on any atom is -0.201 e. The molecule has 2 heterocycles. The van der Waals surface area contributed by atoms with E-state index in [0.29, 0.717) is 0 Å². The Bertz CT molecular complexity index is 1090. The third kappa shape index (κ3) is 4.67. The molecule has 0 fully saturated rings. The molecule has 0 bridgehead atoms. The fourth-order valence-corrected chi connectivity index (χ4v) is 3.46. The van der Waals surface area contributed by atoms with Gasteiger partial charge in [-0.2, -0.15) is 0 Å². The van der Waals surface area contributed by atoms with E-state index >= 15 is 0 Å². The van der Waals surface area contributed by atoms with Gasteiger partial charge in [0, 0.05) is 35.4 Å². The van der Waals surface area contributed by atoms with Crippen LogP contribution in [0.2, 0.25) is 0 Å². The van der Waals surface area contributed by atoms with Crippen molar-refractivity contribution in [2.75, 3.05) is 0 Å². The molecule has 0 unspecified atom stereocenters. The number of aromatic nitrogens is 2. The molecule has 0 saturated carbocycles. The SMILES string of the molecule is C=Cc1ccc(C[n+]2ccc(-c3cc[n+](Cc4ccccc4C)cc3)cc2)cc1. The monoisotopic (exact) mass is 378 g/mol. The minimum atomic E-state index is 0.864. The summed E-state index contributed by atoms with van der Waals surface area (Å²) in [5.74, 6) is 0. The molecule has 2 aromatic carbocycles. The molecule has 2 nitrogen and oxygen atoms in total. The lowest BCUT2D eigenvalue weighted by molar-refractivity contribution is -0.688. The average Bonchev–Trinajstić information content (AvgIpc) is 2.77. The number of aryl methyl sites for hydroxylation is 1. The average molecular weight is 379 g/mol. The van der Waals surface area contributed by atoms with E-state index in [0.717, 1.165) is 18.7 Å². The Morgan fingerprint density at radius 2 is 1.24 bits per heavy atom. The van der Waals surface area contributed by atoms with E-state index in [2.05, 4.69) is 120 Å². The number of hydrogen-bond donors (Lipinski definition) is 0. The molecular formula is C27H26N2+2. The predicted molar refractivity (Wildman–Crippen MR) is 118 cm³/mol. The Morgan fingerprint density at radius 3 is 1.79 bits per heavy atom. The van der Waals surface area contributed by atoms with Crippen LogP contribution in [0.25, 0.3) is 17.2 Å². The summed E-state index contributed by atoms with van der Waals surface area (Å²) in [5.41, 5.74) is 7.57. The molecule has 0 aliphatic heterocycles. The highest BCUT2D eigenvalue weighted by Gasteiger charge is 2.08. The number of nitrogens with zero attached hydrogens (tertiary/aromatic N) is 2. The van der Waals surface area contributed by atoms with Crippen LogP contribution in [0.15, 0.2) is 104 Å². The summed E-state index contributed by atoms with van der Waals surface area (Å²) in [5, 5.41) is 0. The van der Waals surface area contributed by atoms with Crippen LogP contribution in [0.5, 0.6) is 0 Å². The third-order valence-electron chi connectivity index (χ3n) is 5.31. The van der Waals surface area contributed by atoms with E-state index < -0.39 is 0 Å². The fourth-order valence-electron chi connectivity index (χ4n) is 3.46. The van der Waals surface area contributed by atoms with Crippen LogP contribution in [-0.4, -0.2) is 0 Å². The molecule has 4 aromatic rings. The first-order valence-electron chi connectivity index (χ1n) is 9.96. The van der Waals surface area contributed by atoms with E-state index in [1.165, 1.54) is 27.8 Å². The van der Waals surface area contributed by atoms with Crippen molar-refractivity contribution in [3.05, 3.63) is 126 Å². The molecule has 0 saturated heterocycles. The summed E-state index contributed by atoms with van der Waals surface area (Å²) >= 11 is 0. The van der Waals surface area contributed by atoms with E-state index in [-0.39, 0.29) is 0 Å². The summed E-state index contributed by atoms with van der Waals surface area (Å²) < 4.78 is 4.43. The Morgan fingerprint density at radius 1 is 0.690 bits per heavy atom. The molecular weight excluding hydrogens is 352 g/mol. The van der Waals surface area contributed by atoms with Crippen molar-refractivity contribution in [1.29, 1.82) is 0 Å². The maximum Gasteiger partial charge on any atom is 0.174 e. The second kappa shape index (κ2) is 8.66. The fraction of sp³-hybridized carbons (Fsp3) is 0.111. The molecule has 0 atom stereocenters. The van der Waals surface area contributed by atoms with Crippen LogP contribution in [0.4, 0.5) is 0 Å². The van der Waals surface area contributed by atoms with Gasteiger partial charge in [-0.15, -0.1) is 0 Å². The zero-order valence-electron chi connectivity index (χ0n) is 16.8. The predicted octanol–water partition coefficient (Wildman–Crippen LogP) is 4.98. The van der Waals surface area contributed by atoms with Gasteiger partial charge < -0.3 is 0 Å². The Kier molecular flexibility index (Phi) is 5.62. The quantitative estimate of drug-likeness (QED) is 0.418. The Labute approximate surface area is 173 Å². The third-order valence-corrected chi connectivity index (χ3v) is 5.31. The summed E-state index contributed by atoms with van der Waals surface area (Å²) in [7, 11) is 0. The number of rotatable bonds is 6. The van der Waals surface area contributed by atoms with Crippen molar-refractivity contribution in [3.8, 4) is 11.1 Å². The molecule has 0 radical (unpaired) electrons. The van der Waals surface area contributed by atoms with Crippen LogP contribution in [-0.2, 0) is 13.1 Å². The maximum absolute atomic E-state index is 3.81. The number of hydrogen-bond acceptors (Lipinski definition) is 0. The maximum atomic E-state index is 3.81. The highest BCUT2D eigenvalue weighted by molar-refractivity contribution is 5.61. The van der Waals surface area contributed by atoms with Gasteiger partial charge in [-0.1, -0.05) is 61.2 Å². The number of pyridine rings is 2. The summed E-state index contributed by atoms with van der Waals surface area (Å²) in [6.07, 6.45) is 10.5. The first kappa shape index (κ1) is 18.8. The largest absolute Gasteiger partial charge is 0.201 e. The molecule has 0 amide bonds.